The van der Waals surface area contributed by atoms with Crippen molar-refractivity contribution in [1.29, 1.82) is 0 Å². The molecule has 0 aliphatic rings. The first-order valence-corrected chi connectivity index (χ1v) is 13.1. The molecule has 3 aromatic rings. The van der Waals surface area contributed by atoms with E-state index in [-0.39, 0.29) is 30.8 Å². The van der Waals surface area contributed by atoms with Gasteiger partial charge in [0.15, 0.2) is 0 Å². The van der Waals surface area contributed by atoms with Crippen LogP contribution in [0.1, 0.15) is 16.8 Å². The average molecular weight is 569 g/mol. The van der Waals surface area contributed by atoms with Gasteiger partial charge in [-0.15, -0.1) is 0 Å². The van der Waals surface area contributed by atoms with Gasteiger partial charge in [-0.2, -0.15) is 12.6 Å². The second kappa shape index (κ2) is 14.7. The molecule has 0 radical (unpaired) electrons. The van der Waals surface area contributed by atoms with Crippen LogP contribution in [0.15, 0.2) is 67.1 Å². The SMILES string of the molecule is NC(Cc1ccccc1)C(=O)NC(Cc1cnc[nH]1)C(=O)NC(Cc1ccc(O)cc1)C(=O)NC(CS)C(=O)O. The highest BCUT2D eigenvalue weighted by Gasteiger charge is 2.30. The van der Waals surface area contributed by atoms with Crippen LogP contribution in [0.2, 0.25) is 0 Å². The van der Waals surface area contributed by atoms with Crippen molar-refractivity contribution in [1.82, 2.24) is 25.9 Å². The summed E-state index contributed by atoms with van der Waals surface area (Å²) in [5, 5.41) is 26.6. The molecule has 0 bridgehead atoms. The van der Waals surface area contributed by atoms with Crippen LogP contribution in [0.5, 0.6) is 5.75 Å². The van der Waals surface area contributed by atoms with Crippen LogP contribution in [0.4, 0.5) is 0 Å². The first-order chi connectivity index (χ1) is 19.2. The molecule has 3 amide bonds. The zero-order valence-electron chi connectivity index (χ0n) is 21.5. The van der Waals surface area contributed by atoms with Gasteiger partial charge in [-0.25, -0.2) is 9.78 Å². The minimum atomic E-state index is -1.29. The normalized spacial score (nSPS) is 13.8. The molecule has 2 aromatic carbocycles. The van der Waals surface area contributed by atoms with Crippen molar-refractivity contribution >= 4 is 36.3 Å². The predicted octanol–water partition coefficient (Wildman–Crippen LogP) is -0.0607. The Morgan fingerprint density at radius 2 is 1.40 bits per heavy atom. The van der Waals surface area contributed by atoms with Crippen molar-refractivity contribution in [2.75, 3.05) is 5.75 Å². The number of benzene rings is 2. The maximum absolute atomic E-state index is 13.5. The summed E-state index contributed by atoms with van der Waals surface area (Å²) in [7, 11) is 0. The van der Waals surface area contributed by atoms with Crippen LogP contribution in [0.25, 0.3) is 0 Å². The maximum Gasteiger partial charge on any atom is 0.327 e. The quantitative estimate of drug-likeness (QED) is 0.124. The standard InChI is InChI=1S/C27H32N6O6S/c28-20(10-16-4-2-1-3-5-16)24(35)31-22(12-18-13-29-15-30-18)26(37)32-21(11-17-6-8-19(34)9-7-17)25(36)33-23(14-40)27(38)39/h1-9,13,15,20-23,34,40H,10-12,14,28H2,(H,29,30)(H,31,35)(H,32,37)(H,33,36)(H,38,39). The zero-order valence-corrected chi connectivity index (χ0v) is 22.4. The Labute approximate surface area is 236 Å². The number of aromatic nitrogens is 2. The lowest BCUT2D eigenvalue weighted by Crippen LogP contribution is -2.58. The van der Waals surface area contributed by atoms with Gasteiger partial charge in [0.05, 0.1) is 12.4 Å². The lowest BCUT2D eigenvalue weighted by molar-refractivity contribution is -0.141. The Hall–Kier alpha value is -4.36. The first-order valence-electron chi connectivity index (χ1n) is 12.5. The Balaban J connectivity index is 1.79. The highest BCUT2D eigenvalue weighted by molar-refractivity contribution is 7.80. The number of H-pyrrole nitrogens is 1. The number of nitrogens with zero attached hydrogens (tertiary/aromatic N) is 1. The van der Waals surface area contributed by atoms with Gasteiger partial charge in [0, 0.05) is 30.5 Å². The van der Waals surface area contributed by atoms with E-state index in [2.05, 4.69) is 38.5 Å². The average Bonchev–Trinajstić information content (AvgIpc) is 3.45. The molecule has 0 saturated carbocycles. The molecule has 4 atom stereocenters. The number of carbonyl (C=O) groups is 4. The van der Waals surface area contributed by atoms with Crippen molar-refractivity contribution in [3.8, 4) is 5.75 Å². The molecule has 40 heavy (non-hydrogen) atoms. The molecule has 4 unspecified atom stereocenters. The summed E-state index contributed by atoms with van der Waals surface area (Å²) in [6.45, 7) is 0. The second-order valence-electron chi connectivity index (χ2n) is 9.15. The smallest absolute Gasteiger partial charge is 0.327 e. The Morgan fingerprint density at radius 3 is 1.98 bits per heavy atom. The van der Waals surface area contributed by atoms with E-state index in [9.17, 15) is 29.4 Å². The lowest BCUT2D eigenvalue weighted by Gasteiger charge is -2.25. The molecular formula is C27H32N6O6S. The fraction of sp³-hybridized carbons (Fsp3) is 0.296. The van der Waals surface area contributed by atoms with Crippen molar-refractivity contribution in [2.24, 2.45) is 5.73 Å². The van der Waals surface area contributed by atoms with Crippen molar-refractivity contribution < 1.29 is 29.4 Å². The van der Waals surface area contributed by atoms with E-state index in [1.54, 1.807) is 12.1 Å². The second-order valence-corrected chi connectivity index (χ2v) is 9.52. The number of rotatable bonds is 14. The van der Waals surface area contributed by atoms with Crippen molar-refractivity contribution in [3.63, 3.8) is 0 Å². The van der Waals surface area contributed by atoms with Crippen molar-refractivity contribution in [2.45, 2.75) is 43.4 Å². The summed E-state index contributed by atoms with van der Waals surface area (Å²) in [5.74, 6) is -3.44. The number of nitrogens with two attached hydrogens (primary N) is 1. The summed E-state index contributed by atoms with van der Waals surface area (Å²) in [6.07, 6.45) is 3.18. The van der Waals surface area contributed by atoms with Gasteiger partial charge in [0.1, 0.15) is 23.9 Å². The molecule has 0 spiro atoms. The number of aliphatic carboxylic acids is 1. The summed E-state index contributed by atoms with van der Waals surface area (Å²) < 4.78 is 0. The third kappa shape index (κ3) is 9.13. The maximum atomic E-state index is 13.5. The van der Waals surface area contributed by atoms with Crippen LogP contribution in [0.3, 0.4) is 0 Å². The van der Waals surface area contributed by atoms with Gasteiger partial charge in [-0.1, -0.05) is 42.5 Å². The molecule has 0 aliphatic heterocycles. The van der Waals surface area contributed by atoms with Gasteiger partial charge in [0.25, 0.3) is 0 Å². The fourth-order valence-corrected chi connectivity index (χ4v) is 4.12. The highest BCUT2D eigenvalue weighted by atomic mass is 32.1. The van der Waals surface area contributed by atoms with E-state index in [1.165, 1.54) is 24.7 Å². The molecule has 13 heteroatoms. The minimum absolute atomic E-state index is 0.0176. The number of hydrogen-bond donors (Lipinski definition) is 8. The van der Waals surface area contributed by atoms with Crippen LogP contribution >= 0.6 is 12.6 Å². The Morgan fingerprint density at radius 1 is 0.825 bits per heavy atom. The third-order valence-corrected chi connectivity index (χ3v) is 6.42. The summed E-state index contributed by atoms with van der Waals surface area (Å²) in [6, 6.07) is 10.6. The number of hydrogen-bond acceptors (Lipinski definition) is 8. The number of carbonyl (C=O) groups excluding carboxylic acids is 3. The number of carboxylic acid groups (broad SMARTS) is 1. The predicted molar refractivity (Wildman–Crippen MR) is 150 cm³/mol. The molecule has 0 aliphatic carbocycles. The molecular weight excluding hydrogens is 536 g/mol. The number of amides is 3. The summed E-state index contributed by atoms with van der Waals surface area (Å²) in [4.78, 5) is 57.8. The number of imidazole rings is 1. The number of aromatic hydroxyl groups is 1. The molecule has 212 valence electrons. The van der Waals surface area contributed by atoms with Crippen LogP contribution in [0, 0.1) is 0 Å². The van der Waals surface area contributed by atoms with Crippen LogP contribution in [-0.4, -0.2) is 73.8 Å². The van der Waals surface area contributed by atoms with Crippen LogP contribution < -0.4 is 21.7 Å². The Bertz CT molecular complexity index is 1270. The monoisotopic (exact) mass is 568 g/mol. The summed E-state index contributed by atoms with van der Waals surface area (Å²) in [5.41, 5.74) is 8.12. The van der Waals surface area contributed by atoms with E-state index in [0.29, 0.717) is 11.3 Å². The van der Waals surface area contributed by atoms with E-state index in [1.807, 2.05) is 30.3 Å². The number of phenols is 1. The lowest BCUT2D eigenvalue weighted by atomic mass is 10.0. The molecule has 3 rings (SSSR count). The largest absolute Gasteiger partial charge is 0.508 e. The molecule has 0 fully saturated rings. The van der Waals surface area contributed by atoms with Gasteiger partial charge in [-0.05, 0) is 29.7 Å². The van der Waals surface area contributed by atoms with Gasteiger partial charge >= 0.3 is 5.97 Å². The van der Waals surface area contributed by atoms with E-state index >= 15 is 0 Å². The third-order valence-electron chi connectivity index (χ3n) is 6.05. The first kappa shape index (κ1) is 30.2. The molecule has 12 nitrogen and oxygen atoms in total. The zero-order chi connectivity index (χ0) is 29.1. The van der Waals surface area contributed by atoms with Gasteiger partial charge in [0.2, 0.25) is 17.7 Å². The van der Waals surface area contributed by atoms with Gasteiger partial charge in [-0.3, -0.25) is 14.4 Å². The number of phenolic OH excluding ortho intramolecular Hbond substituents is 1. The highest BCUT2D eigenvalue weighted by Crippen LogP contribution is 2.12. The van der Waals surface area contributed by atoms with Gasteiger partial charge < -0.3 is 36.9 Å². The number of nitrogens with one attached hydrogen (secondary N) is 4. The topological polar surface area (TPSA) is 200 Å². The molecule has 1 aromatic heterocycles. The van der Waals surface area contributed by atoms with Crippen LogP contribution in [-0.2, 0) is 38.4 Å². The fourth-order valence-electron chi connectivity index (χ4n) is 3.87. The molecule has 1 heterocycles. The Kier molecular flexibility index (Phi) is 11.1. The molecule has 8 N–H and O–H groups in total. The number of aromatic amines is 1. The minimum Gasteiger partial charge on any atom is -0.508 e. The molecule has 0 saturated heterocycles. The summed E-state index contributed by atoms with van der Waals surface area (Å²) >= 11 is 3.97. The van der Waals surface area contributed by atoms with E-state index < -0.39 is 47.9 Å². The van der Waals surface area contributed by atoms with E-state index in [0.717, 1.165) is 5.56 Å². The van der Waals surface area contributed by atoms with Crippen molar-refractivity contribution in [3.05, 3.63) is 83.9 Å². The number of carboxylic acids is 1. The van der Waals surface area contributed by atoms with E-state index in [4.69, 9.17) is 5.73 Å². The number of thiol groups is 1.